The van der Waals surface area contributed by atoms with Crippen LogP contribution in [0.4, 0.5) is 11.5 Å². The van der Waals surface area contributed by atoms with E-state index in [1.807, 2.05) is 36.4 Å². The van der Waals surface area contributed by atoms with Crippen molar-refractivity contribution in [1.29, 1.82) is 0 Å². The first-order valence-corrected chi connectivity index (χ1v) is 10.0. The summed E-state index contributed by atoms with van der Waals surface area (Å²) < 4.78 is 17.6. The number of carbonyl (C=O) groups excluding carboxylic acids is 1. The number of anilines is 2. The molecule has 1 aromatic carbocycles. The smallest absolute Gasteiger partial charge is 0.291 e. The second kappa shape index (κ2) is 9.11. The van der Waals surface area contributed by atoms with Crippen molar-refractivity contribution in [3.05, 3.63) is 70.7 Å². The van der Waals surface area contributed by atoms with Crippen LogP contribution in [0.1, 0.15) is 16.3 Å². The number of amides is 1. The molecular formula is C21H20BrN3O4. The van der Waals surface area contributed by atoms with Gasteiger partial charge in [0.25, 0.3) is 5.91 Å². The first-order valence-electron chi connectivity index (χ1n) is 9.24. The lowest BCUT2D eigenvalue weighted by Crippen LogP contribution is -2.36. The molecule has 0 aliphatic carbocycles. The lowest BCUT2D eigenvalue weighted by atomic mass is 10.3. The Hall–Kier alpha value is -2.84. The highest BCUT2D eigenvalue weighted by molar-refractivity contribution is 9.10. The Bertz CT molecular complexity index is 968. The van der Waals surface area contributed by atoms with Crippen molar-refractivity contribution >= 4 is 33.3 Å². The Kier molecular flexibility index (Phi) is 6.12. The van der Waals surface area contributed by atoms with Crippen molar-refractivity contribution in [1.82, 2.24) is 4.98 Å². The van der Waals surface area contributed by atoms with Crippen molar-refractivity contribution < 1.29 is 18.7 Å². The maximum absolute atomic E-state index is 12.4. The van der Waals surface area contributed by atoms with E-state index in [1.165, 1.54) is 0 Å². The van der Waals surface area contributed by atoms with E-state index in [9.17, 15) is 4.79 Å². The molecule has 4 rings (SSSR count). The summed E-state index contributed by atoms with van der Waals surface area (Å²) in [6.45, 7) is 3.27. The number of hydrogen-bond acceptors (Lipinski definition) is 6. The van der Waals surface area contributed by atoms with Crippen LogP contribution in [-0.2, 0) is 11.3 Å². The highest BCUT2D eigenvalue weighted by atomic mass is 79.9. The minimum Gasteiger partial charge on any atom is -0.486 e. The van der Waals surface area contributed by atoms with Crippen LogP contribution in [0.25, 0.3) is 0 Å². The third kappa shape index (κ3) is 5.16. The number of rotatable bonds is 6. The number of ether oxygens (including phenoxy) is 2. The number of carbonyl (C=O) groups is 1. The summed E-state index contributed by atoms with van der Waals surface area (Å²) in [7, 11) is 0. The molecule has 0 atom stereocenters. The molecule has 0 unspecified atom stereocenters. The molecule has 3 heterocycles. The molecule has 1 saturated heterocycles. The summed E-state index contributed by atoms with van der Waals surface area (Å²) in [5, 5.41) is 2.80. The Morgan fingerprint density at radius 3 is 2.79 bits per heavy atom. The molecule has 1 N–H and O–H groups in total. The average Bonchev–Trinajstić information content (AvgIpc) is 3.23. The zero-order chi connectivity index (χ0) is 20.1. The summed E-state index contributed by atoms with van der Waals surface area (Å²) in [4.78, 5) is 19.0. The van der Waals surface area contributed by atoms with Crippen molar-refractivity contribution in [3.8, 4) is 5.75 Å². The van der Waals surface area contributed by atoms with Crippen molar-refractivity contribution in [3.63, 3.8) is 0 Å². The van der Waals surface area contributed by atoms with Gasteiger partial charge in [0.1, 0.15) is 23.9 Å². The van der Waals surface area contributed by atoms with E-state index in [0.29, 0.717) is 30.4 Å². The van der Waals surface area contributed by atoms with Gasteiger partial charge in [-0.1, -0.05) is 22.0 Å². The second-order valence-electron chi connectivity index (χ2n) is 6.47. The van der Waals surface area contributed by atoms with Gasteiger partial charge in [0.2, 0.25) is 0 Å². The van der Waals surface area contributed by atoms with Gasteiger partial charge in [0, 0.05) is 17.6 Å². The molecule has 150 valence electrons. The van der Waals surface area contributed by atoms with Crippen LogP contribution >= 0.6 is 15.9 Å². The monoisotopic (exact) mass is 457 g/mol. The Balaban J connectivity index is 1.32. The molecule has 7 nitrogen and oxygen atoms in total. The Labute approximate surface area is 176 Å². The molecular weight excluding hydrogens is 438 g/mol. The van der Waals surface area contributed by atoms with Gasteiger partial charge in [-0.05, 0) is 42.5 Å². The van der Waals surface area contributed by atoms with Crippen LogP contribution in [0.5, 0.6) is 5.75 Å². The fourth-order valence-electron chi connectivity index (χ4n) is 2.92. The standard InChI is InChI=1S/C21H20BrN3O4/c22-15-2-1-3-17(12-15)28-14-18-5-6-19(29-18)21(26)24-16-4-7-20(23-13-16)25-8-10-27-11-9-25/h1-7,12-13H,8-11,14H2,(H,24,26). The van der Waals surface area contributed by atoms with Gasteiger partial charge in [-0.25, -0.2) is 4.98 Å². The Morgan fingerprint density at radius 1 is 1.17 bits per heavy atom. The number of aromatic nitrogens is 1. The predicted octanol–water partition coefficient (Wildman–Crippen LogP) is 4.11. The van der Waals surface area contributed by atoms with E-state index in [1.54, 1.807) is 18.3 Å². The van der Waals surface area contributed by atoms with E-state index in [4.69, 9.17) is 13.9 Å². The minimum atomic E-state index is -0.334. The summed E-state index contributed by atoms with van der Waals surface area (Å²) >= 11 is 3.40. The lowest BCUT2D eigenvalue weighted by molar-refractivity contribution is 0.0992. The first-order chi connectivity index (χ1) is 14.2. The van der Waals surface area contributed by atoms with Gasteiger partial charge in [-0.15, -0.1) is 0 Å². The number of benzene rings is 1. The van der Waals surface area contributed by atoms with E-state index in [0.717, 1.165) is 23.4 Å². The number of hydrogen-bond donors (Lipinski definition) is 1. The normalized spacial score (nSPS) is 13.9. The maximum Gasteiger partial charge on any atom is 0.291 e. The zero-order valence-corrected chi connectivity index (χ0v) is 17.2. The van der Waals surface area contributed by atoms with E-state index >= 15 is 0 Å². The van der Waals surface area contributed by atoms with E-state index < -0.39 is 0 Å². The molecule has 3 aromatic rings. The quantitative estimate of drug-likeness (QED) is 0.600. The minimum absolute atomic E-state index is 0.218. The summed E-state index contributed by atoms with van der Waals surface area (Å²) in [6, 6.07) is 14.6. The van der Waals surface area contributed by atoms with E-state index in [2.05, 4.69) is 31.1 Å². The highest BCUT2D eigenvalue weighted by Crippen LogP contribution is 2.20. The number of morpholine rings is 1. The van der Waals surface area contributed by atoms with Crippen molar-refractivity contribution in [2.24, 2.45) is 0 Å². The molecule has 1 aliphatic rings. The van der Waals surface area contributed by atoms with Crippen LogP contribution in [0, 0.1) is 0 Å². The van der Waals surface area contributed by atoms with Crippen LogP contribution in [-0.4, -0.2) is 37.2 Å². The molecule has 1 fully saturated rings. The maximum atomic E-state index is 12.4. The fourth-order valence-corrected chi connectivity index (χ4v) is 3.30. The zero-order valence-electron chi connectivity index (χ0n) is 15.6. The van der Waals surface area contributed by atoms with Crippen molar-refractivity contribution in [2.45, 2.75) is 6.61 Å². The molecule has 1 aliphatic heterocycles. The van der Waals surface area contributed by atoms with Gasteiger partial charge in [-0.2, -0.15) is 0 Å². The average molecular weight is 458 g/mol. The number of halogens is 1. The van der Waals surface area contributed by atoms with Crippen LogP contribution in [0.2, 0.25) is 0 Å². The Morgan fingerprint density at radius 2 is 2.03 bits per heavy atom. The van der Waals surface area contributed by atoms with Gasteiger partial charge in [0.15, 0.2) is 5.76 Å². The van der Waals surface area contributed by atoms with Gasteiger partial charge < -0.3 is 24.1 Å². The van der Waals surface area contributed by atoms with Crippen LogP contribution in [0.3, 0.4) is 0 Å². The largest absolute Gasteiger partial charge is 0.486 e. The summed E-state index contributed by atoms with van der Waals surface area (Å²) in [5.74, 6) is 2.04. The molecule has 1 amide bonds. The summed E-state index contributed by atoms with van der Waals surface area (Å²) in [5.41, 5.74) is 0.607. The SMILES string of the molecule is O=C(Nc1ccc(N2CCOCC2)nc1)c1ccc(COc2cccc(Br)c2)o1. The number of furan rings is 1. The molecule has 2 aromatic heterocycles. The molecule has 0 saturated carbocycles. The number of nitrogens with zero attached hydrogens (tertiary/aromatic N) is 2. The summed E-state index contributed by atoms with van der Waals surface area (Å²) in [6.07, 6.45) is 1.64. The molecule has 0 radical (unpaired) electrons. The number of nitrogens with one attached hydrogen (secondary N) is 1. The molecule has 0 bridgehead atoms. The van der Waals surface area contributed by atoms with Gasteiger partial charge in [-0.3, -0.25) is 4.79 Å². The van der Waals surface area contributed by atoms with Crippen molar-refractivity contribution in [2.75, 3.05) is 36.5 Å². The third-order valence-electron chi connectivity index (χ3n) is 4.40. The van der Waals surface area contributed by atoms with Crippen LogP contribution < -0.4 is 15.0 Å². The number of pyridine rings is 1. The topological polar surface area (TPSA) is 76.8 Å². The first kappa shape index (κ1) is 19.5. The second-order valence-corrected chi connectivity index (χ2v) is 7.39. The molecule has 29 heavy (non-hydrogen) atoms. The highest BCUT2D eigenvalue weighted by Gasteiger charge is 2.14. The third-order valence-corrected chi connectivity index (χ3v) is 4.90. The van der Waals surface area contributed by atoms with Gasteiger partial charge in [0.05, 0.1) is 25.1 Å². The fraction of sp³-hybridized carbons (Fsp3) is 0.238. The van der Waals surface area contributed by atoms with Gasteiger partial charge >= 0.3 is 0 Å². The molecule has 0 spiro atoms. The van der Waals surface area contributed by atoms with Crippen LogP contribution in [0.15, 0.2) is 63.6 Å². The predicted molar refractivity (Wildman–Crippen MR) is 112 cm³/mol. The lowest BCUT2D eigenvalue weighted by Gasteiger charge is -2.27. The van der Waals surface area contributed by atoms with E-state index in [-0.39, 0.29) is 18.3 Å². The molecule has 8 heteroatoms.